The summed E-state index contributed by atoms with van der Waals surface area (Å²) in [5.41, 5.74) is 0.765. The van der Waals surface area contributed by atoms with Gasteiger partial charge in [0.15, 0.2) is 0 Å². The second kappa shape index (κ2) is 6.99. The first-order chi connectivity index (χ1) is 10.0. The van der Waals surface area contributed by atoms with Gasteiger partial charge in [0.2, 0.25) is 0 Å². The Morgan fingerprint density at radius 1 is 1.05 bits per heavy atom. The first-order valence-corrected chi connectivity index (χ1v) is 7.61. The van der Waals surface area contributed by atoms with E-state index in [4.69, 9.17) is 9.84 Å². The molecule has 0 bridgehead atoms. The van der Waals surface area contributed by atoms with E-state index >= 15 is 0 Å². The number of carboxylic acid groups (broad SMARTS) is 1. The van der Waals surface area contributed by atoms with Gasteiger partial charge in [-0.1, -0.05) is 12.1 Å². The molecule has 0 heterocycles. The highest BCUT2D eigenvalue weighted by Crippen LogP contribution is 2.22. The molecule has 6 heteroatoms. The molecular weight excluding hydrogens is 295 g/mol. The third kappa shape index (κ3) is 5.00. The molecule has 0 aliphatic heterocycles. The number of hydrogen-bond donors (Lipinski definition) is 1. The van der Waals surface area contributed by atoms with E-state index in [-0.39, 0.29) is 17.3 Å². The molecule has 1 N–H and O–H groups in total. The number of ether oxygens (including phenoxy) is 1. The van der Waals surface area contributed by atoms with E-state index in [9.17, 15) is 13.4 Å². The molecule has 2 aromatic carbocycles. The van der Waals surface area contributed by atoms with E-state index in [0.29, 0.717) is 11.5 Å². The number of hydrogen-bond acceptors (Lipinski definition) is 3. The highest BCUT2D eigenvalue weighted by molar-refractivity contribution is 7.84. The second-order valence-corrected chi connectivity index (χ2v) is 5.78. The fourth-order valence-corrected chi connectivity index (χ4v) is 2.61. The largest absolute Gasteiger partial charge is 0.481 e. The number of carboxylic acids is 1. The molecule has 2 aromatic rings. The standard InChI is InChI=1S/C15H13FO4S/c16-12-3-7-14(8-4-12)20-13-5-1-11(2-6-13)9-21(19)10-15(17)18/h1-8H,9-10H2,(H,17,18)/t21-/m0/s1. The van der Waals surface area contributed by atoms with E-state index in [1.54, 1.807) is 24.3 Å². The van der Waals surface area contributed by atoms with Gasteiger partial charge < -0.3 is 9.84 Å². The number of benzene rings is 2. The molecule has 21 heavy (non-hydrogen) atoms. The maximum absolute atomic E-state index is 12.8. The minimum Gasteiger partial charge on any atom is -0.481 e. The molecule has 0 fully saturated rings. The van der Waals surface area contributed by atoms with Crippen molar-refractivity contribution in [2.45, 2.75) is 5.75 Å². The maximum Gasteiger partial charge on any atom is 0.316 e. The van der Waals surface area contributed by atoms with Crippen LogP contribution in [0.5, 0.6) is 11.5 Å². The number of halogens is 1. The van der Waals surface area contributed by atoms with Gasteiger partial charge in [-0.2, -0.15) is 0 Å². The fourth-order valence-electron chi connectivity index (χ4n) is 1.67. The van der Waals surface area contributed by atoms with Crippen LogP contribution in [0.25, 0.3) is 0 Å². The monoisotopic (exact) mass is 308 g/mol. The van der Waals surface area contributed by atoms with E-state index < -0.39 is 16.8 Å². The molecule has 0 unspecified atom stereocenters. The summed E-state index contributed by atoms with van der Waals surface area (Å²) >= 11 is 0. The predicted octanol–water partition coefficient (Wildman–Crippen LogP) is 2.95. The van der Waals surface area contributed by atoms with Crippen LogP contribution in [0.3, 0.4) is 0 Å². The zero-order valence-electron chi connectivity index (χ0n) is 11.0. The van der Waals surface area contributed by atoms with Crippen LogP contribution in [0.15, 0.2) is 48.5 Å². The van der Waals surface area contributed by atoms with Crippen LogP contribution in [0.2, 0.25) is 0 Å². The van der Waals surface area contributed by atoms with Crippen LogP contribution in [0.4, 0.5) is 4.39 Å². The highest BCUT2D eigenvalue weighted by atomic mass is 32.2. The Hall–Kier alpha value is -2.21. The Kier molecular flexibility index (Phi) is 5.05. The van der Waals surface area contributed by atoms with Gasteiger partial charge in [0.1, 0.15) is 23.1 Å². The lowest BCUT2D eigenvalue weighted by atomic mass is 10.2. The van der Waals surface area contributed by atoms with Gasteiger partial charge in [-0.05, 0) is 42.0 Å². The van der Waals surface area contributed by atoms with Crippen molar-refractivity contribution in [3.63, 3.8) is 0 Å². The Bertz CT molecular complexity index is 638. The second-order valence-electron chi connectivity index (χ2n) is 4.32. The average molecular weight is 308 g/mol. The van der Waals surface area contributed by atoms with Gasteiger partial charge in [0.25, 0.3) is 0 Å². The Balaban J connectivity index is 1.97. The summed E-state index contributed by atoms with van der Waals surface area (Å²) in [7, 11) is -1.43. The van der Waals surface area contributed by atoms with Crippen LogP contribution in [-0.4, -0.2) is 21.0 Å². The van der Waals surface area contributed by atoms with Crippen molar-refractivity contribution in [1.82, 2.24) is 0 Å². The normalized spacial score (nSPS) is 11.9. The Morgan fingerprint density at radius 2 is 1.57 bits per heavy atom. The summed E-state index contributed by atoms with van der Waals surface area (Å²) in [4.78, 5) is 10.4. The topological polar surface area (TPSA) is 63.6 Å². The highest BCUT2D eigenvalue weighted by Gasteiger charge is 2.07. The third-order valence-corrected chi connectivity index (χ3v) is 3.81. The number of rotatable bonds is 6. The minimum absolute atomic E-state index is 0.184. The van der Waals surface area contributed by atoms with Crippen molar-refractivity contribution in [3.8, 4) is 11.5 Å². The van der Waals surface area contributed by atoms with Crippen LogP contribution in [-0.2, 0) is 21.3 Å². The van der Waals surface area contributed by atoms with E-state index in [0.717, 1.165) is 5.56 Å². The van der Waals surface area contributed by atoms with Crippen LogP contribution >= 0.6 is 0 Å². The van der Waals surface area contributed by atoms with Gasteiger partial charge in [0, 0.05) is 16.6 Å². The maximum atomic E-state index is 12.8. The van der Waals surface area contributed by atoms with Gasteiger partial charge >= 0.3 is 5.97 Å². The van der Waals surface area contributed by atoms with Gasteiger partial charge in [-0.3, -0.25) is 9.00 Å². The molecule has 4 nitrogen and oxygen atoms in total. The first-order valence-electron chi connectivity index (χ1n) is 6.12. The summed E-state index contributed by atoms with van der Waals surface area (Å²) in [6, 6.07) is 12.5. The lowest BCUT2D eigenvalue weighted by molar-refractivity contribution is -0.133. The molecule has 0 saturated carbocycles. The van der Waals surface area contributed by atoms with E-state index in [1.165, 1.54) is 24.3 Å². The molecule has 0 amide bonds. The average Bonchev–Trinajstić information content (AvgIpc) is 2.42. The van der Waals surface area contributed by atoms with Crippen LogP contribution < -0.4 is 4.74 Å². The molecular formula is C15H13FO4S. The SMILES string of the molecule is O=C(O)C[S@@](=O)Cc1ccc(Oc2ccc(F)cc2)cc1. The summed E-state index contributed by atoms with van der Waals surface area (Å²) in [6.07, 6.45) is 0. The van der Waals surface area contributed by atoms with Crippen molar-refractivity contribution in [2.75, 3.05) is 5.75 Å². The van der Waals surface area contributed by atoms with E-state index in [1.807, 2.05) is 0 Å². The van der Waals surface area contributed by atoms with Crippen molar-refractivity contribution in [3.05, 3.63) is 59.9 Å². The lowest BCUT2D eigenvalue weighted by Crippen LogP contribution is -2.10. The summed E-state index contributed by atoms with van der Waals surface area (Å²) < 4.78 is 29.8. The summed E-state index contributed by atoms with van der Waals surface area (Å²) in [6.45, 7) is 0. The molecule has 0 aromatic heterocycles. The zero-order chi connectivity index (χ0) is 15.2. The van der Waals surface area contributed by atoms with Crippen molar-refractivity contribution in [1.29, 1.82) is 0 Å². The number of carbonyl (C=O) groups is 1. The van der Waals surface area contributed by atoms with Crippen molar-refractivity contribution in [2.24, 2.45) is 0 Å². The van der Waals surface area contributed by atoms with Crippen molar-refractivity contribution < 1.29 is 23.2 Å². The molecule has 1 atom stereocenters. The fraction of sp³-hybridized carbons (Fsp3) is 0.133. The van der Waals surface area contributed by atoms with Crippen molar-refractivity contribution >= 4 is 16.8 Å². The predicted molar refractivity (Wildman–Crippen MR) is 77.3 cm³/mol. The number of aliphatic carboxylic acids is 1. The molecule has 2 rings (SSSR count). The Labute approximate surface area is 123 Å². The Morgan fingerprint density at radius 3 is 2.10 bits per heavy atom. The molecule has 0 radical (unpaired) electrons. The summed E-state index contributed by atoms with van der Waals surface area (Å²) in [5, 5.41) is 8.55. The molecule has 0 aliphatic carbocycles. The van der Waals surface area contributed by atoms with Gasteiger partial charge in [-0.15, -0.1) is 0 Å². The minimum atomic E-state index is -1.43. The van der Waals surface area contributed by atoms with Crippen LogP contribution in [0.1, 0.15) is 5.56 Å². The third-order valence-electron chi connectivity index (χ3n) is 2.58. The quantitative estimate of drug-likeness (QED) is 0.891. The van der Waals surface area contributed by atoms with Crippen LogP contribution in [0, 0.1) is 5.82 Å². The summed E-state index contributed by atoms with van der Waals surface area (Å²) in [5.74, 6) is -0.520. The van der Waals surface area contributed by atoms with E-state index in [2.05, 4.69) is 0 Å². The zero-order valence-corrected chi connectivity index (χ0v) is 11.8. The van der Waals surface area contributed by atoms with Gasteiger partial charge in [0.05, 0.1) is 0 Å². The van der Waals surface area contributed by atoms with Gasteiger partial charge in [-0.25, -0.2) is 4.39 Å². The lowest BCUT2D eigenvalue weighted by Gasteiger charge is -2.06. The smallest absolute Gasteiger partial charge is 0.316 e. The molecule has 0 spiro atoms. The molecule has 110 valence electrons. The molecule has 0 aliphatic rings. The molecule has 0 saturated heterocycles. The first kappa shape index (κ1) is 15.2.